The molecule has 4 amide bonds. The summed E-state index contributed by atoms with van der Waals surface area (Å²) in [6, 6.07) is 0. The van der Waals surface area contributed by atoms with Gasteiger partial charge in [-0.15, -0.1) is 0 Å². The molecular weight excluding hydrogens is 252 g/mol. The molecule has 0 aliphatic carbocycles. The summed E-state index contributed by atoms with van der Waals surface area (Å²) in [5, 5.41) is 13.2. The van der Waals surface area contributed by atoms with Gasteiger partial charge in [-0.3, -0.25) is 29.8 Å². The normalized spacial score (nSPS) is 11.1. The summed E-state index contributed by atoms with van der Waals surface area (Å²) in [6.45, 7) is 9.41. The summed E-state index contributed by atoms with van der Waals surface area (Å²) in [5.41, 5.74) is 0.201. The van der Waals surface area contributed by atoms with E-state index in [1.165, 1.54) is 13.8 Å². The lowest BCUT2D eigenvalue weighted by molar-refractivity contribution is -0.139. The van der Waals surface area contributed by atoms with Crippen LogP contribution in [0.25, 0.3) is 0 Å². The number of hydrogen-bond acceptors (Lipinski definition) is 5. The van der Waals surface area contributed by atoms with Gasteiger partial charge < -0.3 is 5.11 Å². The maximum Gasteiger partial charge on any atom is 0.256 e. The van der Waals surface area contributed by atoms with E-state index in [0.717, 1.165) is 0 Å². The second-order valence-electron chi connectivity index (χ2n) is 3.98. The number of amides is 4. The molecule has 1 atom stereocenters. The van der Waals surface area contributed by atoms with Crippen LogP contribution in [0.1, 0.15) is 20.3 Å². The molecule has 0 bridgehead atoms. The summed E-state index contributed by atoms with van der Waals surface area (Å²) in [7, 11) is 0. The van der Waals surface area contributed by atoms with E-state index in [4.69, 9.17) is 0 Å². The Bertz CT molecular complexity index is 453. The highest BCUT2D eigenvalue weighted by Gasteiger charge is 2.22. The number of carbonyl (C=O) groups excluding carboxylic acids is 4. The molecular formula is C12H16N2O5. The largest absolute Gasteiger partial charge is 0.383 e. The van der Waals surface area contributed by atoms with Gasteiger partial charge in [-0.05, 0) is 13.8 Å². The smallest absolute Gasteiger partial charge is 0.256 e. The molecule has 3 N–H and O–H groups in total. The third-order valence-corrected chi connectivity index (χ3v) is 1.95. The number of carbonyl (C=O) groups is 4. The standard InChI is InChI=1S/C12H16N2O5/c1-6(2)10(17)13-9(16)5-8(15)12(19)14-11(18)7(3)4/h8,15H,1,3,5H2,2,4H3,(H,13,16,17)(H,14,18,19). The molecule has 0 aliphatic heterocycles. The first kappa shape index (κ1) is 16.7. The van der Waals surface area contributed by atoms with Crippen LogP contribution in [-0.2, 0) is 19.2 Å². The Morgan fingerprint density at radius 3 is 1.84 bits per heavy atom. The number of aliphatic hydroxyl groups excluding tert-OH is 1. The molecule has 0 aliphatic rings. The summed E-state index contributed by atoms with van der Waals surface area (Å²) in [4.78, 5) is 44.8. The molecule has 0 aromatic rings. The molecule has 0 aromatic carbocycles. The summed E-state index contributed by atoms with van der Waals surface area (Å²) < 4.78 is 0. The number of imide groups is 2. The maximum atomic E-state index is 11.3. The van der Waals surface area contributed by atoms with Crippen LogP contribution in [-0.4, -0.2) is 34.8 Å². The molecule has 7 nitrogen and oxygen atoms in total. The number of aliphatic hydroxyl groups is 1. The van der Waals surface area contributed by atoms with E-state index in [0.29, 0.717) is 0 Å². The number of nitrogens with one attached hydrogen (secondary N) is 2. The van der Waals surface area contributed by atoms with E-state index in [2.05, 4.69) is 13.2 Å². The summed E-state index contributed by atoms with van der Waals surface area (Å²) in [6.07, 6.45) is -2.38. The van der Waals surface area contributed by atoms with Crippen molar-refractivity contribution in [2.24, 2.45) is 0 Å². The van der Waals surface area contributed by atoms with Crippen molar-refractivity contribution in [3.8, 4) is 0 Å². The van der Waals surface area contributed by atoms with Crippen molar-refractivity contribution in [3.63, 3.8) is 0 Å². The van der Waals surface area contributed by atoms with Gasteiger partial charge in [-0.2, -0.15) is 0 Å². The third kappa shape index (κ3) is 6.27. The Hall–Kier alpha value is -2.28. The molecule has 0 saturated heterocycles. The SMILES string of the molecule is C=C(C)C(=O)NC(=O)CC(O)C(=O)NC(=O)C(=C)C. The van der Waals surface area contributed by atoms with Gasteiger partial charge in [0.1, 0.15) is 6.10 Å². The van der Waals surface area contributed by atoms with Gasteiger partial charge >= 0.3 is 0 Å². The minimum Gasteiger partial charge on any atom is -0.383 e. The van der Waals surface area contributed by atoms with E-state index >= 15 is 0 Å². The monoisotopic (exact) mass is 268 g/mol. The van der Waals surface area contributed by atoms with Crippen molar-refractivity contribution in [2.45, 2.75) is 26.4 Å². The van der Waals surface area contributed by atoms with Crippen LogP contribution in [0.3, 0.4) is 0 Å². The van der Waals surface area contributed by atoms with Crippen molar-refractivity contribution in [2.75, 3.05) is 0 Å². The van der Waals surface area contributed by atoms with E-state index in [9.17, 15) is 24.3 Å². The average molecular weight is 268 g/mol. The molecule has 0 saturated carbocycles. The molecule has 0 rings (SSSR count). The highest BCUT2D eigenvalue weighted by Crippen LogP contribution is 1.95. The topological polar surface area (TPSA) is 113 Å². The van der Waals surface area contributed by atoms with E-state index < -0.39 is 36.2 Å². The van der Waals surface area contributed by atoms with Crippen LogP contribution in [0.5, 0.6) is 0 Å². The third-order valence-electron chi connectivity index (χ3n) is 1.95. The van der Waals surface area contributed by atoms with Crippen LogP contribution in [0.2, 0.25) is 0 Å². The number of rotatable bonds is 5. The molecule has 7 heteroatoms. The summed E-state index contributed by atoms with van der Waals surface area (Å²) >= 11 is 0. The molecule has 0 spiro atoms. The van der Waals surface area contributed by atoms with Crippen LogP contribution < -0.4 is 10.6 Å². The van der Waals surface area contributed by atoms with E-state index in [1.54, 1.807) is 0 Å². The van der Waals surface area contributed by atoms with Gasteiger partial charge in [0.25, 0.3) is 17.7 Å². The first-order valence-corrected chi connectivity index (χ1v) is 5.33. The van der Waals surface area contributed by atoms with Crippen LogP contribution in [0, 0.1) is 0 Å². The van der Waals surface area contributed by atoms with Gasteiger partial charge in [0.2, 0.25) is 5.91 Å². The Balaban J connectivity index is 4.33. The van der Waals surface area contributed by atoms with E-state index in [-0.39, 0.29) is 11.1 Å². The fourth-order valence-electron chi connectivity index (χ4n) is 0.855. The molecule has 0 heterocycles. The minimum absolute atomic E-state index is 0.0856. The zero-order valence-corrected chi connectivity index (χ0v) is 10.8. The van der Waals surface area contributed by atoms with Gasteiger partial charge in [0.15, 0.2) is 0 Å². The van der Waals surface area contributed by atoms with Crippen LogP contribution in [0.4, 0.5) is 0 Å². The van der Waals surface area contributed by atoms with Crippen molar-refractivity contribution in [1.82, 2.24) is 10.6 Å². The average Bonchev–Trinajstić information content (AvgIpc) is 2.27. The van der Waals surface area contributed by atoms with Gasteiger partial charge in [-0.25, -0.2) is 0 Å². The maximum absolute atomic E-state index is 11.3. The predicted molar refractivity (Wildman–Crippen MR) is 66.6 cm³/mol. The van der Waals surface area contributed by atoms with Crippen LogP contribution >= 0.6 is 0 Å². The molecule has 0 fully saturated rings. The number of hydrogen-bond donors (Lipinski definition) is 3. The second-order valence-corrected chi connectivity index (χ2v) is 3.98. The molecule has 19 heavy (non-hydrogen) atoms. The first-order valence-electron chi connectivity index (χ1n) is 5.33. The van der Waals surface area contributed by atoms with Gasteiger partial charge in [0.05, 0.1) is 6.42 Å². The highest BCUT2D eigenvalue weighted by molar-refractivity contribution is 6.07. The fourth-order valence-corrected chi connectivity index (χ4v) is 0.855. The highest BCUT2D eigenvalue weighted by atomic mass is 16.3. The molecule has 0 aromatic heterocycles. The minimum atomic E-state index is -1.73. The quantitative estimate of drug-likeness (QED) is 0.564. The Kier molecular flexibility index (Phi) is 6.35. The second kappa shape index (κ2) is 7.22. The lowest BCUT2D eigenvalue weighted by Gasteiger charge is -2.10. The van der Waals surface area contributed by atoms with Gasteiger partial charge in [-0.1, -0.05) is 13.2 Å². The Labute approximate surface area is 110 Å². The lowest BCUT2D eigenvalue weighted by Crippen LogP contribution is -2.42. The Morgan fingerprint density at radius 2 is 1.42 bits per heavy atom. The van der Waals surface area contributed by atoms with Crippen molar-refractivity contribution < 1.29 is 24.3 Å². The first-order chi connectivity index (χ1) is 8.65. The van der Waals surface area contributed by atoms with Crippen molar-refractivity contribution >= 4 is 23.6 Å². The lowest BCUT2D eigenvalue weighted by atomic mass is 10.2. The summed E-state index contributed by atoms with van der Waals surface area (Å²) in [5.74, 6) is -3.33. The van der Waals surface area contributed by atoms with Crippen molar-refractivity contribution in [3.05, 3.63) is 24.3 Å². The molecule has 104 valence electrons. The fraction of sp³-hybridized carbons (Fsp3) is 0.333. The molecule has 0 radical (unpaired) electrons. The molecule has 1 unspecified atom stereocenters. The zero-order valence-electron chi connectivity index (χ0n) is 10.8. The van der Waals surface area contributed by atoms with Crippen LogP contribution in [0.15, 0.2) is 24.3 Å². The van der Waals surface area contributed by atoms with Crippen molar-refractivity contribution in [1.29, 1.82) is 0 Å². The zero-order chi connectivity index (χ0) is 15.2. The van der Waals surface area contributed by atoms with Gasteiger partial charge in [0, 0.05) is 11.1 Å². The predicted octanol–water partition coefficient (Wildman–Crippen LogP) is -0.825. The van der Waals surface area contributed by atoms with E-state index in [1.807, 2.05) is 10.6 Å². The Morgan fingerprint density at radius 1 is 1.00 bits per heavy atom.